The molecule has 0 saturated carbocycles. The van der Waals surface area contributed by atoms with E-state index in [9.17, 15) is 0 Å². The topological polar surface area (TPSA) is 63.1 Å². The van der Waals surface area contributed by atoms with Gasteiger partial charge < -0.3 is 0 Å². The number of benzene rings is 1. The van der Waals surface area contributed by atoms with Crippen molar-refractivity contribution in [2.24, 2.45) is 5.10 Å². The Morgan fingerprint density at radius 1 is 1.00 bits per heavy atom. The summed E-state index contributed by atoms with van der Waals surface area (Å²) < 4.78 is 0.992. The van der Waals surface area contributed by atoms with E-state index in [1.54, 1.807) is 36.3 Å². The summed E-state index contributed by atoms with van der Waals surface area (Å²) in [7, 11) is 0. The lowest BCUT2D eigenvalue weighted by Gasteiger charge is -2.00. The zero-order valence-corrected chi connectivity index (χ0v) is 15.5. The van der Waals surface area contributed by atoms with Gasteiger partial charge in [-0.1, -0.05) is 42.5 Å². The monoisotopic (exact) mass is 371 g/mol. The van der Waals surface area contributed by atoms with E-state index in [4.69, 9.17) is 0 Å². The number of hydrazone groups is 1. The minimum Gasteiger partial charge on any atom is -0.264 e. The molecule has 0 aliphatic carbocycles. The van der Waals surface area contributed by atoms with Gasteiger partial charge >= 0.3 is 0 Å². The van der Waals surface area contributed by atoms with Gasteiger partial charge in [0.05, 0.1) is 16.4 Å². The predicted octanol–water partition coefficient (Wildman–Crippen LogP) is 5.01. The van der Waals surface area contributed by atoms with Crippen molar-refractivity contribution in [3.05, 3.63) is 82.8 Å². The number of nitrogens with zero attached hydrogens (tertiary/aromatic N) is 4. The maximum absolute atomic E-state index is 4.45. The zero-order valence-electron chi connectivity index (χ0n) is 14.7. The zero-order chi connectivity index (χ0) is 18.5. The molecule has 132 valence electrons. The third kappa shape index (κ3) is 3.91. The summed E-state index contributed by atoms with van der Waals surface area (Å²) in [5, 5.41) is 4.28. The molecule has 5 nitrogen and oxygen atoms in total. The van der Waals surface area contributed by atoms with E-state index in [1.807, 2.05) is 30.3 Å². The van der Waals surface area contributed by atoms with Crippen LogP contribution in [0.1, 0.15) is 21.6 Å². The van der Waals surface area contributed by atoms with Crippen LogP contribution in [0.2, 0.25) is 0 Å². The van der Waals surface area contributed by atoms with Crippen LogP contribution >= 0.6 is 11.3 Å². The number of fused-ring (bicyclic) bond motifs is 1. The second-order valence-corrected chi connectivity index (χ2v) is 6.94. The van der Waals surface area contributed by atoms with E-state index in [0.29, 0.717) is 5.82 Å². The van der Waals surface area contributed by atoms with Crippen molar-refractivity contribution < 1.29 is 0 Å². The molecule has 0 spiro atoms. The Balaban J connectivity index is 1.61. The first-order chi connectivity index (χ1) is 13.3. The summed E-state index contributed by atoms with van der Waals surface area (Å²) >= 11 is 1.66. The molecule has 4 rings (SSSR count). The van der Waals surface area contributed by atoms with Crippen LogP contribution in [0.25, 0.3) is 22.4 Å². The van der Waals surface area contributed by atoms with Gasteiger partial charge in [0.15, 0.2) is 5.82 Å². The number of aromatic nitrogens is 3. The van der Waals surface area contributed by atoms with Crippen molar-refractivity contribution in [1.29, 1.82) is 0 Å². The van der Waals surface area contributed by atoms with E-state index < -0.39 is 0 Å². The van der Waals surface area contributed by atoms with Crippen molar-refractivity contribution in [3.8, 4) is 0 Å². The molecule has 4 aromatic rings. The molecule has 0 aliphatic rings. The van der Waals surface area contributed by atoms with E-state index >= 15 is 0 Å². The van der Waals surface area contributed by atoms with Crippen LogP contribution in [-0.2, 0) is 0 Å². The fourth-order valence-electron chi connectivity index (χ4n) is 2.64. The lowest BCUT2D eigenvalue weighted by Crippen LogP contribution is -1.94. The lowest BCUT2D eigenvalue weighted by molar-refractivity contribution is 1.18. The van der Waals surface area contributed by atoms with Gasteiger partial charge in [-0.2, -0.15) is 5.10 Å². The average Bonchev–Trinajstić information content (AvgIpc) is 3.05. The second-order valence-electron chi connectivity index (χ2n) is 5.89. The lowest BCUT2D eigenvalue weighted by atomic mass is 10.2. The Hall–Kier alpha value is -3.38. The molecule has 1 aromatic carbocycles. The molecule has 27 heavy (non-hydrogen) atoms. The summed E-state index contributed by atoms with van der Waals surface area (Å²) in [6.07, 6.45) is 11.0. The minimum atomic E-state index is 0.701. The maximum Gasteiger partial charge on any atom is 0.167 e. The summed E-state index contributed by atoms with van der Waals surface area (Å²) in [6, 6.07) is 14.1. The predicted molar refractivity (Wildman–Crippen MR) is 113 cm³/mol. The highest BCUT2D eigenvalue weighted by Crippen LogP contribution is 2.34. The largest absolute Gasteiger partial charge is 0.264 e. The van der Waals surface area contributed by atoms with Gasteiger partial charge in [0.1, 0.15) is 6.33 Å². The number of pyridine rings is 1. The van der Waals surface area contributed by atoms with Crippen LogP contribution in [0.4, 0.5) is 5.82 Å². The van der Waals surface area contributed by atoms with E-state index in [0.717, 1.165) is 26.2 Å². The van der Waals surface area contributed by atoms with Crippen molar-refractivity contribution in [3.63, 3.8) is 0 Å². The fraction of sp³-hybridized carbons (Fsp3) is 0.0476. The highest BCUT2D eigenvalue weighted by molar-refractivity contribution is 7.20. The van der Waals surface area contributed by atoms with Gasteiger partial charge in [-0.05, 0) is 30.2 Å². The Bertz CT molecular complexity index is 1100. The summed E-state index contributed by atoms with van der Waals surface area (Å²) in [5.74, 6) is 0.701. The number of nitrogens with one attached hydrogen (secondary N) is 1. The summed E-state index contributed by atoms with van der Waals surface area (Å²) in [6.45, 7) is 2.08. The van der Waals surface area contributed by atoms with Crippen molar-refractivity contribution in [2.75, 3.05) is 5.43 Å². The van der Waals surface area contributed by atoms with E-state index in [2.05, 4.69) is 56.7 Å². The first kappa shape index (κ1) is 17.1. The van der Waals surface area contributed by atoms with E-state index in [1.165, 1.54) is 5.56 Å². The molecule has 3 heterocycles. The number of hydrogen-bond donors (Lipinski definition) is 1. The molecule has 0 radical (unpaired) electrons. The first-order valence-corrected chi connectivity index (χ1v) is 9.29. The van der Waals surface area contributed by atoms with Gasteiger partial charge in [-0.15, -0.1) is 11.3 Å². The van der Waals surface area contributed by atoms with Crippen LogP contribution < -0.4 is 5.43 Å². The van der Waals surface area contributed by atoms with Crippen LogP contribution in [-0.4, -0.2) is 21.2 Å². The molecule has 0 aliphatic heterocycles. The van der Waals surface area contributed by atoms with E-state index in [-0.39, 0.29) is 0 Å². The van der Waals surface area contributed by atoms with Crippen LogP contribution in [0, 0.1) is 6.92 Å². The molecule has 0 amide bonds. The number of thiophene rings is 1. The smallest absolute Gasteiger partial charge is 0.167 e. The van der Waals surface area contributed by atoms with Gasteiger partial charge in [0.2, 0.25) is 0 Å². The molecule has 1 N–H and O–H groups in total. The molecular weight excluding hydrogens is 354 g/mol. The normalized spacial score (nSPS) is 11.6. The Labute approximate surface area is 161 Å². The SMILES string of the molecule is Cc1c(C=Cc2ccccc2)sc2c(NN=Cc3cccnc3)ncnc12. The highest BCUT2D eigenvalue weighted by atomic mass is 32.1. The molecule has 3 aromatic heterocycles. The second kappa shape index (κ2) is 7.88. The van der Waals surface area contributed by atoms with Gasteiger partial charge in [-0.3, -0.25) is 10.4 Å². The molecule has 0 fully saturated rings. The summed E-state index contributed by atoms with van der Waals surface area (Å²) in [4.78, 5) is 14.0. The molecular formula is C21H17N5S. The molecule has 0 bridgehead atoms. The third-order valence-electron chi connectivity index (χ3n) is 4.04. The fourth-order valence-corrected chi connectivity index (χ4v) is 3.74. The van der Waals surface area contributed by atoms with Crippen molar-refractivity contribution in [1.82, 2.24) is 15.0 Å². The maximum atomic E-state index is 4.45. The third-order valence-corrected chi connectivity index (χ3v) is 5.29. The van der Waals surface area contributed by atoms with Crippen LogP contribution in [0.15, 0.2) is 66.3 Å². The molecule has 6 heteroatoms. The summed E-state index contributed by atoms with van der Waals surface area (Å²) in [5.41, 5.74) is 7.20. The standard InChI is InChI=1S/C21H17N5S/c1-15-18(10-9-16-6-3-2-4-7-16)27-20-19(15)23-14-24-21(20)26-25-13-17-8-5-11-22-12-17/h2-14H,1H3,(H,23,24,26). The molecule has 0 saturated heterocycles. The Morgan fingerprint density at radius 3 is 2.67 bits per heavy atom. The highest BCUT2D eigenvalue weighted by Gasteiger charge is 2.12. The molecule has 0 atom stereocenters. The van der Waals surface area contributed by atoms with Crippen LogP contribution in [0.5, 0.6) is 0 Å². The van der Waals surface area contributed by atoms with Crippen LogP contribution in [0.3, 0.4) is 0 Å². The quantitative estimate of drug-likeness (QED) is 0.396. The minimum absolute atomic E-state index is 0.701. The Morgan fingerprint density at radius 2 is 1.85 bits per heavy atom. The average molecular weight is 371 g/mol. The first-order valence-electron chi connectivity index (χ1n) is 8.47. The number of aryl methyl sites for hydroxylation is 1. The molecule has 0 unspecified atom stereocenters. The number of anilines is 1. The number of hydrogen-bond acceptors (Lipinski definition) is 6. The van der Waals surface area contributed by atoms with Crippen molar-refractivity contribution >= 4 is 45.7 Å². The van der Waals surface area contributed by atoms with Gasteiger partial charge in [0, 0.05) is 22.8 Å². The van der Waals surface area contributed by atoms with Crippen molar-refractivity contribution in [2.45, 2.75) is 6.92 Å². The van der Waals surface area contributed by atoms with Gasteiger partial charge in [0.25, 0.3) is 0 Å². The Kier molecular flexibility index (Phi) is 4.98. The number of rotatable bonds is 5. The van der Waals surface area contributed by atoms with Gasteiger partial charge in [-0.25, -0.2) is 9.97 Å².